The van der Waals surface area contributed by atoms with Gasteiger partial charge in [0, 0.05) is 13.6 Å². The molecule has 1 aliphatic rings. The van der Waals surface area contributed by atoms with Crippen LogP contribution >= 0.6 is 23.1 Å². The molecule has 1 amide bonds. The van der Waals surface area contributed by atoms with Gasteiger partial charge in [0.25, 0.3) is 5.91 Å². The molecular weight excluding hydrogens is 292 g/mol. The molecule has 1 saturated heterocycles. The number of fused-ring (bicyclic) bond motifs is 1. The van der Waals surface area contributed by atoms with Crippen molar-refractivity contribution in [3.63, 3.8) is 0 Å². The third-order valence-corrected chi connectivity index (χ3v) is 6.17. The quantitative estimate of drug-likeness (QED) is 0.909. The third-order valence-electron chi connectivity index (χ3n) is 3.66. The van der Waals surface area contributed by atoms with Crippen molar-refractivity contribution < 1.29 is 4.79 Å². The van der Waals surface area contributed by atoms with Crippen molar-refractivity contribution in [3.8, 4) is 0 Å². The molecule has 0 aliphatic carbocycles. The summed E-state index contributed by atoms with van der Waals surface area (Å²) < 4.78 is 1.79. The molecule has 3 heterocycles. The van der Waals surface area contributed by atoms with Crippen molar-refractivity contribution >= 4 is 44.9 Å². The molecule has 0 radical (unpaired) electrons. The van der Waals surface area contributed by atoms with Crippen molar-refractivity contribution in [2.75, 3.05) is 23.8 Å². The highest BCUT2D eigenvalue weighted by Crippen LogP contribution is 2.35. The van der Waals surface area contributed by atoms with Gasteiger partial charge in [-0.05, 0) is 30.8 Å². The van der Waals surface area contributed by atoms with E-state index in [1.807, 2.05) is 25.7 Å². The smallest absolute Gasteiger partial charge is 0.263 e. The number of nitrogens with one attached hydrogen (secondary N) is 1. The molecule has 0 saturated carbocycles. The molecule has 0 bridgehead atoms. The summed E-state index contributed by atoms with van der Waals surface area (Å²) in [7, 11) is 1.88. The van der Waals surface area contributed by atoms with Gasteiger partial charge >= 0.3 is 0 Å². The van der Waals surface area contributed by atoms with E-state index in [1.165, 1.54) is 23.5 Å². The van der Waals surface area contributed by atoms with E-state index in [4.69, 9.17) is 5.73 Å². The van der Waals surface area contributed by atoms with Crippen LogP contribution in [0.25, 0.3) is 10.2 Å². The number of aromatic nitrogens is 2. The lowest BCUT2D eigenvalue weighted by Crippen LogP contribution is -2.29. The normalized spacial score (nSPS) is 18.8. The number of anilines is 1. The number of hydrogen-bond acceptors (Lipinski definition) is 5. The third kappa shape index (κ3) is 2.29. The molecule has 0 spiro atoms. The molecule has 1 unspecified atom stereocenters. The van der Waals surface area contributed by atoms with Crippen molar-refractivity contribution in [2.24, 2.45) is 13.0 Å². The second-order valence-electron chi connectivity index (χ2n) is 5.17. The first-order valence-corrected chi connectivity index (χ1v) is 8.62. The summed E-state index contributed by atoms with van der Waals surface area (Å²) in [5, 5.41) is 8.27. The zero-order valence-electron chi connectivity index (χ0n) is 11.6. The number of thiophene rings is 1. The minimum absolute atomic E-state index is 0.0556. The van der Waals surface area contributed by atoms with Gasteiger partial charge in [0.05, 0.1) is 16.8 Å². The lowest BCUT2D eigenvalue weighted by molar-refractivity contribution is 0.0953. The van der Waals surface area contributed by atoms with E-state index in [-0.39, 0.29) is 5.91 Å². The Hall–Kier alpha value is -1.21. The Bertz CT molecular complexity index is 655. The second kappa shape index (κ2) is 5.29. The number of carbonyl (C=O) groups excluding carboxylic acids is 1. The van der Waals surface area contributed by atoms with Gasteiger partial charge in [-0.2, -0.15) is 16.9 Å². The highest BCUT2D eigenvalue weighted by molar-refractivity contribution is 7.99. The summed E-state index contributed by atoms with van der Waals surface area (Å²) in [6, 6.07) is 0. The molecule has 7 heteroatoms. The Morgan fingerprint density at radius 1 is 1.60 bits per heavy atom. The molecule has 3 N–H and O–H groups in total. The zero-order chi connectivity index (χ0) is 14.3. The average Bonchev–Trinajstić information content (AvgIpc) is 3.08. The lowest BCUT2D eigenvalue weighted by Gasteiger charge is -2.09. The van der Waals surface area contributed by atoms with Crippen molar-refractivity contribution in [3.05, 3.63) is 10.6 Å². The van der Waals surface area contributed by atoms with Gasteiger partial charge in [0.2, 0.25) is 0 Å². The number of nitrogens with two attached hydrogens (primary N) is 1. The van der Waals surface area contributed by atoms with Gasteiger partial charge in [-0.15, -0.1) is 11.3 Å². The monoisotopic (exact) mass is 310 g/mol. The molecule has 3 rings (SSSR count). The molecular formula is C13H18N4OS2. The van der Waals surface area contributed by atoms with Crippen LogP contribution in [0.1, 0.15) is 21.8 Å². The SMILES string of the molecule is Cc1nn(C)c2sc(C(=O)NCC3CCSC3)c(N)c12. The summed E-state index contributed by atoms with van der Waals surface area (Å²) in [4.78, 5) is 13.9. The molecule has 1 atom stereocenters. The topological polar surface area (TPSA) is 72.9 Å². The summed E-state index contributed by atoms with van der Waals surface area (Å²) in [6.07, 6.45) is 1.19. The van der Waals surface area contributed by atoms with Crippen LogP contribution in [0.3, 0.4) is 0 Å². The molecule has 5 nitrogen and oxygen atoms in total. The lowest BCUT2D eigenvalue weighted by atomic mass is 10.1. The van der Waals surface area contributed by atoms with Crippen LogP contribution in [-0.4, -0.2) is 33.7 Å². The van der Waals surface area contributed by atoms with Crippen LogP contribution in [0.15, 0.2) is 0 Å². The molecule has 1 aliphatic heterocycles. The Morgan fingerprint density at radius 2 is 2.40 bits per heavy atom. The van der Waals surface area contributed by atoms with E-state index < -0.39 is 0 Å². The maximum Gasteiger partial charge on any atom is 0.263 e. The Balaban J connectivity index is 1.80. The average molecular weight is 310 g/mol. The predicted molar refractivity (Wildman–Crippen MR) is 85.5 cm³/mol. The number of aryl methyl sites for hydroxylation is 2. The first kappa shape index (κ1) is 13.8. The second-order valence-corrected chi connectivity index (χ2v) is 7.32. The largest absolute Gasteiger partial charge is 0.397 e. The maximum absolute atomic E-state index is 12.3. The first-order chi connectivity index (χ1) is 9.58. The molecule has 1 fully saturated rings. The fourth-order valence-corrected chi connectivity index (χ4v) is 4.95. The fourth-order valence-electron chi connectivity index (χ4n) is 2.56. The summed E-state index contributed by atoms with van der Waals surface area (Å²) in [5.41, 5.74) is 7.57. The highest BCUT2D eigenvalue weighted by Gasteiger charge is 2.22. The number of nitrogen functional groups attached to an aromatic ring is 1. The maximum atomic E-state index is 12.3. The highest BCUT2D eigenvalue weighted by atomic mass is 32.2. The van der Waals surface area contributed by atoms with Crippen LogP contribution in [0.5, 0.6) is 0 Å². The summed E-state index contributed by atoms with van der Waals surface area (Å²) >= 11 is 3.38. The van der Waals surface area contributed by atoms with Gasteiger partial charge in [0.15, 0.2) is 0 Å². The van der Waals surface area contributed by atoms with Gasteiger partial charge in [0.1, 0.15) is 9.71 Å². The molecule has 0 aromatic carbocycles. The van der Waals surface area contributed by atoms with Gasteiger partial charge in [-0.1, -0.05) is 0 Å². The number of nitrogens with zero attached hydrogens (tertiary/aromatic N) is 2. The van der Waals surface area contributed by atoms with E-state index in [0.29, 0.717) is 16.5 Å². The predicted octanol–water partition coefficient (Wildman–Crippen LogP) is 2.01. The number of hydrogen-bond donors (Lipinski definition) is 2. The van der Waals surface area contributed by atoms with E-state index >= 15 is 0 Å². The fraction of sp³-hybridized carbons (Fsp3) is 0.538. The standard InChI is InChI=1S/C13H18N4OS2/c1-7-9-10(14)11(20-13(9)17(2)16-7)12(18)15-5-8-3-4-19-6-8/h8H,3-6,14H2,1-2H3,(H,15,18). The Kier molecular flexibility index (Phi) is 3.64. The van der Waals surface area contributed by atoms with Crippen LogP contribution in [-0.2, 0) is 7.05 Å². The van der Waals surface area contributed by atoms with Crippen LogP contribution < -0.4 is 11.1 Å². The molecule has 2 aromatic rings. The van der Waals surface area contributed by atoms with Gasteiger partial charge in [-0.25, -0.2) is 0 Å². The number of amides is 1. The van der Waals surface area contributed by atoms with E-state index in [2.05, 4.69) is 10.4 Å². The van der Waals surface area contributed by atoms with Crippen LogP contribution in [0, 0.1) is 12.8 Å². The van der Waals surface area contributed by atoms with E-state index in [9.17, 15) is 4.79 Å². The zero-order valence-corrected chi connectivity index (χ0v) is 13.2. The van der Waals surface area contributed by atoms with Gasteiger partial charge < -0.3 is 11.1 Å². The van der Waals surface area contributed by atoms with Crippen LogP contribution in [0.4, 0.5) is 5.69 Å². The van der Waals surface area contributed by atoms with Crippen molar-refractivity contribution in [1.29, 1.82) is 0 Å². The summed E-state index contributed by atoms with van der Waals surface area (Å²) in [6.45, 7) is 2.67. The Morgan fingerprint density at radius 3 is 3.05 bits per heavy atom. The minimum Gasteiger partial charge on any atom is -0.397 e. The van der Waals surface area contributed by atoms with Crippen LogP contribution in [0.2, 0.25) is 0 Å². The van der Waals surface area contributed by atoms with Crippen molar-refractivity contribution in [1.82, 2.24) is 15.1 Å². The molecule has 108 valence electrons. The summed E-state index contributed by atoms with van der Waals surface area (Å²) in [5.74, 6) is 2.89. The number of carbonyl (C=O) groups is 1. The van der Waals surface area contributed by atoms with Gasteiger partial charge in [-0.3, -0.25) is 9.48 Å². The number of rotatable bonds is 3. The van der Waals surface area contributed by atoms with E-state index in [1.54, 1.807) is 4.68 Å². The van der Waals surface area contributed by atoms with Crippen molar-refractivity contribution in [2.45, 2.75) is 13.3 Å². The minimum atomic E-state index is -0.0556. The van der Waals surface area contributed by atoms with E-state index in [0.717, 1.165) is 28.2 Å². The molecule has 2 aromatic heterocycles. The number of thioether (sulfide) groups is 1. The molecule has 20 heavy (non-hydrogen) atoms. The first-order valence-electron chi connectivity index (χ1n) is 6.65. The Labute approximate surface area is 125 Å².